The van der Waals surface area contributed by atoms with Crippen molar-refractivity contribution in [1.82, 2.24) is 20.0 Å². The molecule has 0 N–H and O–H groups in total. The van der Waals surface area contributed by atoms with Gasteiger partial charge in [0.2, 0.25) is 5.91 Å². The predicted molar refractivity (Wildman–Crippen MR) is 152 cm³/mol. The summed E-state index contributed by atoms with van der Waals surface area (Å²) in [6.07, 6.45) is 0. The average Bonchev–Trinajstić information content (AvgIpc) is 2.96. The van der Waals surface area contributed by atoms with Gasteiger partial charge in [0.25, 0.3) is 5.91 Å². The monoisotopic (exact) mass is 551 g/mol. The molecule has 10 heteroatoms. The van der Waals surface area contributed by atoms with E-state index >= 15 is 0 Å². The number of amides is 2. The minimum atomic E-state index is -0.170. The molecule has 4 rings (SSSR count). The van der Waals surface area contributed by atoms with Crippen LogP contribution in [0.4, 0.5) is 5.82 Å². The Morgan fingerprint density at radius 2 is 1.67 bits per heavy atom. The Bertz CT molecular complexity index is 1280. The Morgan fingerprint density at radius 1 is 0.949 bits per heavy atom. The highest BCUT2D eigenvalue weighted by atomic mass is 35.5. The number of methoxy groups -OCH3 is 2. The third-order valence-electron chi connectivity index (χ3n) is 6.58. The van der Waals surface area contributed by atoms with Crippen molar-refractivity contribution in [2.45, 2.75) is 13.8 Å². The molecule has 2 amide bonds. The van der Waals surface area contributed by atoms with Crippen LogP contribution < -0.4 is 14.4 Å². The van der Waals surface area contributed by atoms with E-state index in [1.807, 2.05) is 49.1 Å². The van der Waals surface area contributed by atoms with Crippen LogP contribution in [0, 0.1) is 5.92 Å². The summed E-state index contributed by atoms with van der Waals surface area (Å²) in [5.74, 6) is 2.10. The fourth-order valence-electron chi connectivity index (χ4n) is 4.53. The van der Waals surface area contributed by atoms with Crippen LogP contribution >= 0.6 is 11.6 Å². The standard InChI is InChI=1S/C29H34ClN5O4/c1-20(2)18-35(29(37)21-5-7-22(30)8-6-21)19-28(36)34-15-13-33(14-16-34)27-12-11-25(31-32-27)24-10-9-23(38-3)17-26(24)39-4/h5-12,17,20H,13-16,18-19H2,1-4H3. The molecule has 3 aromatic rings. The zero-order valence-corrected chi connectivity index (χ0v) is 23.5. The molecule has 206 valence electrons. The molecule has 0 saturated carbocycles. The molecule has 1 aromatic heterocycles. The van der Waals surface area contributed by atoms with Gasteiger partial charge < -0.3 is 24.2 Å². The summed E-state index contributed by atoms with van der Waals surface area (Å²) in [6.45, 7) is 6.93. The third kappa shape index (κ3) is 6.97. The van der Waals surface area contributed by atoms with Crippen LogP contribution in [0.1, 0.15) is 24.2 Å². The summed E-state index contributed by atoms with van der Waals surface area (Å²) in [4.78, 5) is 31.8. The first-order chi connectivity index (χ1) is 18.8. The van der Waals surface area contributed by atoms with Crippen molar-refractivity contribution in [3.63, 3.8) is 0 Å². The molecule has 0 atom stereocenters. The molecule has 39 heavy (non-hydrogen) atoms. The molecular weight excluding hydrogens is 518 g/mol. The van der Waals surface area contributed by atoms with Gasteiger partial charge in [-0.05, 0) is 54.4 Å². The van der Waals surface area contributed by atoms with E-state index in [0.29, 0.717) is 60.5 Å². The fraction of sp³-hybridized carbons (Fsp3) is 0.379. The second kappa shape index (κ2) is 12.8. The van der Waals surface area contributed by atoms with Crippen LogP contribution in [0.2, 0.25) is 5.02 Å². The second-order valence-electron chi connectivity index (χ2n) is 9.80. The van der Waals surface area contributed by atoms with Gasteiger partial charge in [0.1, 0.15) is 18.0 Å². The van der Waals surface area contributed by atoms with Crippen LogP contribution in [0.3, 0.4) is 0 Å². The molecule has 0 spiro atoms. The Kier molecular flexibility index (Phi) is 9.24. The summed E-state index contributed by atoms with van der Waals surface area (Å²) < 4.78 is 10.8. The summed E-state index contributed by atoms with van der Waals surface area (Å²) >= 11 is 5.97. The molecular formula is C29H34ClN5O4. The van der Waals surface area contributed by atoms with E-state index in [1.54, 1.807) is 43.4 Å². The Balaban J connectivity index is 1.37. The topological polar surface area (TPSA) is 88.1 Å². The van der Waals surface area contributed by atoms with Crippen molar-refractivity contribution in [1.29, 1.82) is 0 Å². The van der Waals surface area contributed by atoms with Gasteiger partial charge in [-0.15, -0.1) is 10.2 Å². The molecule has 2 aromatic carbocycles. The Labute approximate surface area is 234 Å². The van der Waals surface area contributed by atoms with Crippen molar-refractivity contribution in [3.05, 3.63) is 65.2 Å². The molecule has 1 saturated heterocycles. The maximum absolute atomic E-state index is 13.2. The van der Waals surface area contributed by atoms with Crippen molar-refractivity contribution < 1.29 is 19.1 Å². The maximum atomic E-state index is 13.2. The van der Waals surface area contributed by atoms with Crippen molar-refractivity contribution in [2.24, 2.45) is 5.92 Å². The molecule has 0 bridgehead atoms. The summed E-state index contributed by atoms with van der Waals surface area (Å²) in [5.41, 5.74) is 2.04. The first-order valence-corrected chi connectivity index (χ1v) is 13.3. The van der Waals surface area contributed by atoms with E-state index in [9.17, 15) is 9.59 Å². The first kappa shape index (κ1) is 28.2. The van der Waals surface area contributed by atoms with Gasteiger partial charge >= 0.3 is 0 Å². The van der Waals surface area contributed by atoms with Gasteiger partial charge in [0.05, 0.1) is 19.9 Å². The van der Waals surface area contributed by atoms with Gasteiger partial charge in [-0.1, -0.05) is 25.4 Å². The van der Waals surface area contributed by atoms with Crippen LogP contribution in [-0.4, -0.2) is 85.3 Å². The highest BCUT2D eigenvalue weighted by Gasteiger charge is 2.26. The summed E-state index contributed by atoms with van der Waals surface area (Å²) in [6, 6.07) is 16.2. The molecule has 9 nitrogen and oxygen atoms in total. The van der Waals surface area contributed by atoms with Gasteiger partial charge in [-0.3, -0.25) is 9.59 Å². The number of hydrogen-bond acceptors (Lipinski definition) is 7. The van der Waals surface area contributed by atoms with Gasteiger partial charge in [0.15, 0.2) is 5.82 Å². The zero-order chi connectivity index (χ0) is 27.9. The van der Waals surface area contributed by atoms with Crippen molar-refractivity contribution in [3.8, 4) is 22.8 Å². The molecule has 1 aliphatic heterocycles. The van der Waals surface area contributed by atoms with Gasteiger partial charge in [-0.25, -0.2) is 0 Å². The molecule has 1 fully saturated rings. The van der Waals surface area contributed by atoms with E-state index in [1.165, 1.54) is 0 Å². The molecule has 2 heterocycles. The normalized spacial score (nSPS) is 13.4. The number of halogens is 1. The number of rotatable bonds is 9. The van der Waals surface area contributed by atoms with E-state index < -0.39 is 0 Å². The minimum Gasteiger partial charge on any atom is -0.497 e. The van der Waals surface area contributed by atoms with Crippen LogP contribution in [0.5, 0.6) is 11.5 Å². The van der Waals surface area contributed by atoms with E-state index in [2.05, 4.69) is 15.1 Å². The predicted octanol–water partition coefficient (Wildman–Crippen LogP) is 4.26. The number of aromatic nitrogens is 2. The van der Waals surface area contributed by atoms with Crippen molar-refractivity contribution in [2.75, 3.05) is 58.4 Å². The lowest BCUT2D eigenvalue weighted by Crippen LogP contribution is -2.52. The van der Waals surface area contributed by atoms with Crippen molar-refractivity contribution >= 4 is 29.2 Å². The van der Waals surface area contributed by atoms with E-state index in [-0.39, 0.29) is 24.3 Å². The lowest BCUT2D eigenvalue weighted by Gasteiger charge is -2.36. The number of carbonyl (C=O) groups excluding carboxylic acids is 2. The van der Waals surface area contributed by atoms with Crippen LogP contribution in [0.15, 0.2) is 54.6 Å². The van der Waals surface area contributed by atoms with E-state index in [0.717, 1.165) is 11.4 Å². The van der Waals surface area contributed by atoms with Crippen LogP contribution in [-0.2, 0) is 4.79 Å². The highest BCUT2D eigenvalue weighted by Crippen LogP contribution is 2.32. The number of benzene rings is 2. The quantitative estimate of drug-likeness (QED) is 0.392. The SMILES string of the molecule is COc1ccc(-c2ccc(N3CCN(C(=O)CN(CC(C)C)C(=O)c4ccc(Cl)cc4)CC3)nn2)c(OC)c1. The average molecular weight is 552 g/mol. The van der Waals surface area contributed by atoms with Gasteiger partial charge in [-0.2, -0.15) is 0 Å². The molecule has 0 unspecified atom stereocenters. The molecule has 1 aliphatic rings. The maximum Gasteiger partial charge on any atom is 0.254 e. The summed E-state index contributed by atoms with van der Waals surface area (Å²) in [7, 11) is 3.22. The first-order valence-electron chi connectivity index (χ1n) is 12.9. The molecule has 0 radical (unpaired) electrons. The van der Waals surface area contributed by atoms with Crippen LogP contribution in [0.25, 0.3) is 11.3 Å². The number of nitrogens with zero attached hydrogens (tertiary/aromatic N) is 5. The highest BCUT2D eigenvalue weighted by molar-refractivity contribution is 6.30. The van der Waals surface area contributed by atoms with Gasteiger partial charge in [0, 0.05) is 54.9 Å². The number of piperazine rings is 1. The number of carbonyl (C=O) groups is 2. The smallest absolute Gasteiger partial charge is 0.254 e. The fourth-order valence-corrected chi connectivity index (χ4v) is 4.66. The number of anilines is 1. The lowest BCUT2D eigenvalue weighted by molar-refractivity contribution is -0.132. The number of hydrogen-bond donors (Lipinski definition) is 0. The zero-order valence-electron chi connectivity index (χ0n) is 22.8. The number of ether oxygens (including phenoxy) is 2. The largest absolute Gasteiger partial charge is 0.497 e. The third-order valence-corrected chi connectivity index (χ3v) is 6.83. The lowest BCUT2D eigenvalue weighted by atomic mass is 10.1. The second-order valence-corrected chi connectivity index (χ2v) is 10.2. The Hall–Kier alpha value is -3.85. The molecule has 0 aliphatic carbocycles. The Morgan fingerprint density at radius 3 is 2.26 bits per heavy atom. The minimum absolute atomic E-state index is 0.0395. The van der Waals surface area contributed by atoms with E-state index in [4.69, 9.17) is 21.1 Å². The summed E-state index contributed by atoms with van der Waals surface area (Å²) in [5, 5.41) is 9.42.